The first-order chi connectivity index (χ1) is 10.8. The van der Waals surface area contributed by atoms with Crippen LogP contribution in [0.1, 0.15) is 6.92 Å². The van der Waals surface area contributed by atoms with Gasteiger partial charge >= 0.3 is 0 Å². The van der Waals surface area contributed by atoms with E-state index in [1.54, 1.807) is 22.8 Å². The van der Waals surface area contributed by atoms with Crippen molar-refractivity contribution in [1.82, 2.24) is 14.6 Å². The van der Waals surface area contributed by atoms with Crippen LogP contribution >= 0.6 is 11.8 Å². The van der Waals surface area contributed by atoms with E-state index in [-0.39, 0.29) is 5.82 Å². The minimum atomic E-state index is -0.246. The summed E-state index contributed by atoms with van der Waals surface area (Å²) in [7, 11) is 0. The molecule has 4 nitrogen and oxygen atoms in total. The van der Waals surface area contributed by atoms with E-state index in [1.807, 2.05) is 23.9 Å². The van der Waals surface area contributed by atoms with E-state index >= 15 is 0 Å². The topological polar surface area (TPSA) is 42.2 Å². The molecule has 6 heteroatoms. The molecule has 0 saturated carbocycles. The zero-order valence-electron chi connectivity index (χ0n) is 12.3. The number of benzene rings is 1. The smallest absolute Gasteiger partial charge is 0.157 e. The first-order valence-electron chi connectivity index (χ1n) is 7.20. The van der Waals surface area contributed by atoms with Gasteiger partial charge in [-0.05, 0) is 30.0 Å². The zero-order valence-corrected chi connectivity index (χ0v) is 13.1. The highest BCUT2D eigenvalue weighted by atomic mass is 32.2. The van der Waals surface area contributed by atoms with E-state index in [4.69, 9.17) is 0 Å². The fourth-order valence-corrected chi connectivity index (χ4v) is 2.74. The minimum Gasteiger partial charge on any atom is -0.369 e. The maximum Gasteiger partial charge on any atom is 0.157 e. The molecule has 114 valence electrons. The number of rotatable bonds is 6. The average Bonchev–Trinajstić information content (AvgIpc) is 3.00. The van der Waals surface area contributed by atoms with E-state index in [1.165, 1.54) is 12.1 Å². The molecule has 0 aliphatic carbocycles. The van der Waals surface area contributed by atoms with Gasteiger partial charge in [-0.3, -0.25) is 0 Å². The molecule has 1 aromatic carbocycles. The van der Waals surface area contributed by atoms with Gasteiger partial charge in [-0.1, -0.05) is 6.92 Å². The molecule has 0 fully saturated rings. The molecular weight excluding hydrogens is 299 g/mol. The molecule has 3 rings (SSSR count). The van der Waals surface area contributed by atoms with Crippen LogP contribution < -0.4 is 5.32 Å². The second kappa shape index (κ2) is 6.79. The van der Waals surface area contributed by atoms with Gasteiger partial charge in [0.1, 0.15) is 11.6 Å². The number of hydrogen-bond acceptors (Lipinski definition) is 4. The van der Waals surface area contributed by atoms with Crippen LogP contribution in [-0.4, -0.2) is 32.6 Å². The van der Waals surface area contributed by atoms with Gasteiger partial charge in [0.2, 0.25) is 0 Å². The van der Waals surface area contributed by atoms with Gasteiger partial charge in [-0.15, -0.1) is 0 Å². The summed E-state index contributed by atoms with van der Waals surface area (Å²) in [5.41, 5.74) is 2.46. The highest BCUT2D eigenvalue weighted by molar-refractivity contribution is 7.99. The third-order valence-corrected chi connectivity index (χ3v) is 4.16. The molecule has 0 aliphatic heterocycles. The lowest BCUT2D eigenvalue weighted by molar-refractivity contribution is 0.628. The van der Waals surface area contributed by atoms with Crippen molar-refractivity contribution in [3.05, 3.63) is 48.4 Å². The summed E-state index contributed by atoms with van der Waals surface area (Å²) in [6.07, 6.45) is 1.72. The highest BCUT2D eigenvalue weighted by Crippen LogP contribution is 2.22. The molecule has 3 aromatic rings. The first kappa shape index (κ1) is 14.8. The van der Waals surface area contributed by atoms with Gasteiger partial charge in [-0.2, -0.15) is 21.4 Å². The molecule has 0 unspecified atom stereocenters. The third-order valence-electron chi connectivity index (χ3n) is 3.26. The SMILES string of the molecule is CCSCCNc1cc(-c2ccc(F)cc2)nc2ccnn12. The van der Waals surface area contributed by atoms with Gasteiger partial charge in [0.05, 0.1) is 11.9 Å². The summed E-state index contributed by atoms with van der Waals surface area (Å²) >= 11 is 1.89. The number of anilines is 1. The standard InChI is InChI=1S/C16H17FN4S/c1-2-22-10-9-18-16-11-14(12-3-5-13(17)6-4-12)20-15-7-8-19-21(15)16/h3-8,11,18H,2,9-10H2,1H3. The number of aromatic nitrogens is 3. The zero-order chi connectivity index (χ0) is 15.4. The van der Waals surface area contributed by atoms with Crippen LogP contribution in [0.25, 0.3) is 16.9 Å². The summed E-state index contributed by atoms with van der Waals surface area (Å²) in [5, 5.41) is 7.69. The molecule has 0 amide bonds. The van der Waals surface area contributed by atoms with Gasteiger partial charge in [0.15, 0.2) is 5.65 Å². The molecule has 1 N–H and O–H groups in total. The number of nitrogens with one attached hydrogen (secondary N) is 1. The van der Waals surface area contributed by atoms with Crippen molar-refractivity contribution in [2.45, 2.75) is 6.92 Å². The monoisotopic (exact) mass is 316 g/mol. The Morgan fingerprint density at radius 2 is 2.05 bits per heavy atom. The van der Waals surface area contributed by atoms with Crippen LogP contribution in [0.15, 0.2) is 42.6 Å². The Labute approximate surface area is 132 Å². The first-order valence-corrected chi connectivity index (χ1v) is 8.36. The molecule has 0 aliphatic rings. The van der Waals surface area contributed by atoms with Crippen molar-refractivity contribution in [2.75, 3.05) is 23.4 Å². The normalized spacial score (nSPS) is 11.0. The van der Waals surface area contributed by atoms with Crippen molar-refractivity contribution < 1.29 is 4.39 Å². The Hall–Kier alpha value is -2.08. The second-order valence-electron chi connectivity index (χ2n) is 4.76. The third kappa shape index (κ3) is 3.22. The largest absolute Gasteiger partial charge is 0.369 e. The lowest BCUT2D eigenvalue weighted by atomic mass is 10.1. The number of hydrogen-bond donors (Lipinski definition) is 1. The molecule has 0 saturated heterocycles. The predicted molar refractivity (Wildman–Crippen MR) is 89.9 cm³/mol. The molecule has 0 atom stereocenters. The van der Waals surface area contributed by atoms with Crippen molar-refractivity contribution in [3.8, 4) is 11.3 Å². The average molecular weight is 316 g/mol. The molecule has 2 heterocycles. The van der Waals surface area contributed by atoms with E-state index in [2.05, 4.69) is 22.3 Å². The summed E-state index contributed by atoms with van der Waals surface area (Å²) in [4.78, 5) is 4.57. The van der Waals surface area contributed by atoms with E-state index in [9.17, 15) is 4.39 Å². The summed E-state index contributed by atoms with van der Waals surface area (Å²) in [6.45, 7) is 3.01. The fourth-order valence-electron chi connectivity index (χ4n) is 2.20. The van der Waals surface area contributed by atoms with E-state index in [0.29, 0.717) is 0 Å². The number of halogens is 1. The lowest BCUT2D eigenvalue weighted by Crippen LogP contribution is -2.09. The molecule has 0 spiro atoms. The van der Waals surface area contributed by atoms with Crippen molar-refractivity contribution in [2.24, 2.45) is 0 Å². The Morgan fingerprint density at radius 3 is 2.82 bits per heavy atom. The van der Waals surface area contributed by atoms with Crippen molar-refractivity contribution in [1.29, 1.82) is 0 Å². The van der Waals surface area contributed by atoms with Crippen LogP contribution in [0.4, 0.5) is 10.2 Å². The summed E-state index contributed by atoms with van der Waals surface area (Å²) in [5.74, 6) is 2.79. The van der Waals surface area contributed by atoms with Gasteiger partial charge in [-0.25, -0.2) is 9.37 Å². The molecule has 0 radical (unpaired) electrons. The predicted octanol–water partition coefficient (Wildman–Crippen LogP) is 3.70. The van der Waals surface area contributed by atoms with Crippen LogP contribution in [0.5, 0.6) is 0 Å². The highest BCUT2D eigenvalue weighted by Gasteiger charge is 2.08. The maximum absolute atomic E-state index is 13.1. The molecule has 22 heavy (non-hydrogen) atoms. The molecule has 0 bridgehead atoms. The number of fused-ring (bicyclic) bond motifs is 1. The van der Waals surface area contributed by atoms with E-state index < -0.39 is 0 Å². The Bertz CT molecular complexity index is 754. The number of thioether (sulfide) groups is 1. The van der Waals surface area contributed by atoms with Gasteiger partial charge < -0.3 is 5.32 Å². The summed E-state index contributed by atoms with van der Waals surface area (Å²) < 4.78 is 14.9. The van der Waals surface area contributed by atoms with Crippen molar-refractivity contribution in [3.63, 3.8) is 0 Å². The lowest BCUT2D eigenvalue weighted by Gasteiger charge is -2.10. The van der Waals surface area contributed by atoms with Gasteiger partial charge in [0, 0.05) is 30.0 Å². The second-order valence-corrected chi connectivity index (χ2v) is 6.15. The van der Waals surface area contributed by atoms with Gasteiger partial charge in [0.25, 0.3) is 0 Å². The number of nitrogens with zero attached hydrogens (tertiary/aromatic N) is 3. The molecular formula is C16H17FN4S. The van der Waals surface area contributed by atoms with E-state index in [0.717, 1.165) is 40.8 Å². The fraction of sp³-hybridized carbons (Fsp3) is 0.250. The quantitative estimate of drug-likeness (QED) is 0.704. The minimum absolute atomic E-state index is 0.246. The Kier molecular flexibility index (Phi) is 4.58. The summed E-state index contributed by atoms with van der Waals surface area (Å²) in [6, 6.07) is 10.2. The van der Waals surface area contributed by atoms with Crippen LogP contribution in [0.3, 0.4) is 0 Å². The van der Waals surface area contributed by atoms with Crippen LogP contribution in [0, 0.1) is 5.82 Å². The van der Waals surface area contributed by atoms with Crippen molar-refractivity contribution >= 4 is 23.2 Å². The van der Waals surface area contributed by atoms with Crippen LogP contribution in [0.2, 0.25) is 0 Å². The maximum atomic E-state index is 13.1. The Morgan fingerprint density at radius 1 is 1.23 bits per heavy atom. The Balaban J connectivity index is 1.92. The van der Waals surface area contributed by atoms with Crippen LogP contribution in [-0.2, 0) is 0 Å². The molecule has 2 aromatic heterocycles.